The van der Waals surface area contributed by atoms with Crippen molar-refractivity contribution < 1.29 is 15.0 Å². The lowest BCUT2D eigenvalue weighted by Crippen LogP contribution is -2.47. The number of aliphatic hydroxyl groups excluding tert-OH is 2. The molecule has 0 bridgehead atoms. The highest BCUT2D eigenvalue weighted by Crippen LogP contribution is 2.17. The Morgan fingerprint density at radius 2 is 1.95 bits per heavy atom. The Labute approximate surface area is 113 Å². The van der Waals surface area contributed by atoms with Gasteiger partial charge >= 0.3 is 0 Å². The molecule has 4 nitrogen and oxygen atoms in total. The first-order valence-corrected chi connectivity index (χ1v) is 6.02. The highest BCUT2D eigenvalue weighted by atomic mass is 16.3. The first-order valence-electron chi connectivity index (χ1n) is 6.02. The van der Waals surface area contributed by atoms with E-state index in [0.717, 1.165) is 0 Å². The normalized spacial score (nSPS) is 10.6. The van der Waals surface area contributed by atoms with E-state index in [2.05, 4.69) is 11.8 Å². The molecule has 0 fully saturated rings. The summed E-state index contributed by atoms with van der Waals surface area (Å²) in [6.45, 7) is 3.19. The summed E-state index contributed by atoms with van der Waals surface area (Å²) in [7, 11) is 1.65. The Balaban J connectivity index is 3.13. The Morgan fingerprint density at radius 3 is 2.53 bits per heavy atom. The molecule has 0 spiro atoms. The third-order valence-electron chi connectivity index (χ3n) is 3.06. The van der Waals surface area contributed by atoms with Gasteiger partial charge in [0.25, 0.3) is 5.91 Å². The minimum Gasteiger partial charge on any atom is -0.394 e. The monoisotopic (exact) mass is 261 g/mol. The second kappa shape index (κ2) is 6.37. The van der Waals surface area contributed by atoms with E-state index in [4.69, 9.17) is 5.11 Å². The predicted molar refractivity (Wildman–Crippen MR) is 73.7 cm³/mol. The molecule has 1 aromatic carbocycles. The van der Waals surface area contributed by atoms with Crippen molar-refractivity contribution in [3.63, 3.8) is 0 Å². The maximum absolute atomic E-state index is 12.4. The fraction of sp³-hybridized carbons (Fsp3) is 0.400. The molecule has 0 saturated heterocycles. The van der Waals surface area contributed by atoms with E-state index >= 15 is 0 Å². The van der Waals surface area contributed by atoms with E-state index in [1.165, 1.54) is 4.90 Å². The fourth-order valence-corrected chi connectivity index (χ4v) is 1.48. The number of hydrogen-bond donors (Lipinski definition) is 2. The van der Waals surface area contributed by atoms with Gasteiger partial charge in [-0.2, -0.15) is 0 Å². The average Bonchev–Trinajstić information content (AvgIpc) is 2.43. The van der Waals surface area contributed by atoms with E-state index in [1.54, 1.807) is 45.2 Å². The minimum atomic E-state index is -0.644. The standard InChI is InChI=1S/C15H19NO3/c1-15(2,11-18)16(3)14(19)13-9-5-4-7-12(13)8-6-10-17/h4-5,7,9,17-18H,10-11H2,1-3H3. The zero-order chi connectivity index (χ0) is 14.5. The third-order valence-corrected chi connectivity index (χ3v) is 3.06. The molecule has 0 unspecified atom stereocenters. The summed E-state index contributed by atoms with van der Waals surface area (Å²) in [5.74, 6) is 5.09. The molecule has 0 aromatic heterocycles. The molecule has 19 heavy (non-hydrogen) atoms. The van der Waals surface area contributed by atoms with Crippen molar-refractivity contribution in [3.05, 3.63) is 35.4 Å². The maximum Gasteiger partial charge on any atom is 0.255 e. The van der Waals surface area contributed by atoms with Crippen molar-refractivity contribution >= 4 is 5.91 Å². The lowest BCUT2D eigenvalue weighted by atomic mass is 10.0. The molecule has 1 amide bonds. The van der Waals surface area contributed by atoms with Crippen LogP contribution < -0.4 is 0 Å². The molecule has 0 aliphatic rings. The van der Waals surface area contributed by atoms with Crippen LogP contribution in [0.4, 0.5) is 0 Å². The lowest BCUT2D eigenvalue weighted by Gasteiger charge is -2.34. The Hall–Kier alpha value is -1.83. The van der Waals surface area contributed by atoms with E-state index < -0.39 is 5.54 Å². The average molecular weight is 261 g/mol. The van der Waals surface area contributed by atoms with Gasteiger partial charge in [-0.3, -0.25) is 4.79 Å². The Kier molecular flexibility index (Phi) is 5.11. The number of carbonyl (C=O) groups excluding carboxylic acids is 1. The molecule has 2 N–H and O–H groups in total. The number of likely N-dealkylation sites (N-methyl/N-ethyl adjacent to an activating group) is 1. The fourth-order valence-electron chi connectivity index (χ4n) is 1.48. The van der Waals surface area contributed by atoms with E-state index in [0.29, 0.717) is 11.1 Å². The molecule has 1 rings (SSSR count). The van der Waals surface area contributed by atoms with Gasteiger partial charge in [0.1, 0.15) is 6.61 Å². The highest BCUT2D eigenvalue weighted by molar-refractivity contribution is 5.97. The lowest BCUT2D eigenvalue weighted by molar-refractivity contribution is 0.0473. The molecular weight excluding hydrogens is 242 g/mol. The molecular formula is C15H19NO3. The van der Waals surface area contributed by atoms with Gasteiger partial charge in [0.15, 0.2) is 0 Å². The van der Waals surface area contributed by atoms with Crippen LogP contribution in [-0.4, -0.2) is 46.8 Å². The van der Waals surface area contributed by atoms with Gasteiger partial charge in [0, 0.05) is 12.6 Å². The van der Waals surface area contributed by atoms with Crippen LogP contribution in [0.3, 0.4) is 0 Å². The second-order valence-electron chi connectivity index (χ2n) is 4.84. The van der Waals surface area contributed by atoms with E-state index in [-0.39, 0.29) is 19.1 Å². The molecule has 1 aromatic rings. The number of hydrogen-bond acceptors (Lipinski definition) is 3. The van der Waals surface area contributed by atoms with Crippen LogP contribution >= 0.6 is 0 Å². The summed E-state index contributed by atoms with van der Waals surface area (Å²) in [4.78, 5) is 13.9. The van der Waals surface area contributed by atoms with Gasteiger partial charge in [-0.1, -0.05) is 24.0 Å². The summed E-state index contributed by atoms with van der Waals surface area (Å²) >= 11 is 0. The SMILES string of the molecule is CN(C(=O)c1ccccc1C#CCO)C(C)(C)CO. The zero-order valence-corrected chi connectivity index (χ0v) is 11.5. The molecule has 0 radical (unpaired) electrons. The van der Waals surface area contributed by atoms with Crippen molar-refractivity contribution in [2.75, 3.05) is 20.3 Å². The first-order chi connectivity index (χ1) is 8.94. The molecule has 0 aliphatic heterocycles. The molecule has 0 saturated carbocycles. The minimum absolute atomic E-state index is 0.125. The van der Waals surface area contributed by atoms with Crippen LogP contribution in [0.15, 0.2) is 24.3 Å². The molecule has 0 atom stereocenters. The Bertz CT molecular complexity index is 512. The highest BCUT2D eigenvalue weighted by Gasteiger charge is 2.28. The number of amides is 1. The van der Waals surface area contributed by atoms with Gasteiger partial charge in [-0.15, -0.1) is 0 Å². The molecule has 0 aliphatic carbocycles. The van der Waals surface area contributed by atoms with Crippen molar-refractivity contribution in [1.29, 1.82) is 0 Å². The van der Waals surface area contributed by atoms with Crippen LogP contribution in [0, 0.1) is 11.8 Å². The van der Waals surface area contributed by atoms with Gasteiger partial charge < -0.3 is 15.1 Å². The maximum atomic E-state index is 12.4. The van der Waals surface area contributed by atoms with Crippen LogP contribution in [-0.2, 0) is 0 Å². The first kappa shape index (κ1) is 15.2. The van der Waals surface area contributed by atoms with Crippen molar-refractivity contribution in [2.24, 2.45) is 0 Å². The largest absolute Gasteiger partial charge is 0.394 e. The smallest absolute Gasteiger partial charge is 0.255 e. The molecule has 0 heterocycles. The van der Waals surface area contributed by atoms with Crippen LogP contribution in [0.25, 0.3) is 0 Å². The quantitative estimate of drug-likeness (QED) is 0.794. The van der Waals surface area contributed by atoms with Crippen LogP contribution in [0.2, 0.25) is 0 Å². The number of aliphatic hydroxyl groups is 2. The van der Waals surface area contributed by atoms with E-state index in [9.17, 15) is 9.90 Å². The topological polar surface area (TPSA) is 60.8 Å². The van der Waals surface area contributed by atoms with Crippen molar-refractivity contribution in [1.82, 2.24) is 4.90 Å². The predicted octanol–water partition coefficient (Wildman–Crippen LogP) is 0.873. The van der Waals surface area contributed by atoms with Crippen LogP contribution in [0.5, 0.6) is 0 Å². The number of benzene rings is 1. The molecule has 4 heteroatoms. The zero-order valence-electron chi connectivity index (χ0n) is 11.5. The summed E-state index contributed by atoms with van der Waals surface area (Å²) in [5.41, 5.74) is 0.392. The summed E-state index contributed by atoms with van der Waals surface area (Å²) < 4.78 is 0. The number of nitrogens with zero attached hydrogens (tertiary/aromatic N) is 1. The van der Waals surface area contributed by atoms with Crippen molar-refractivity contribution in [3.8, 4) is 11.8 Å². The van der Waals surface area contributed by atoms with Gasteiger partial charge in [-0.25, -0.2) is 0 Å². The summed E-state index contributed by atoms with van der Waals surface area (Å²) in [6, 6.07) is 6.97. The number of rotatable bonds is 3. The van der Waals surface area contributed by atoms with Crippen LogP contribution in [0.1, 0.15) is 29.8 Å². The van der Waals surface area contributed by atoms with Gasteiger partial charge in [0.05, 0.1) is 17.7 Å². The third kappa shape index (κ3) is 3.57. The van der Waals surface area contributed by atoms with Gasteiger partial charge in [0.2, 0.25) is 0 Å². The number of carbonyl (C=O) groups is 1. The second-order valence-corrected chi connectivity index (χ2v) is 4.84. The summed E-state index contributed by atoms with van der Waals surface area (Å²) in [6.07, 6.45) is 0. The van der Waals surface area contributed by atoms with Gasteiger partial charge in [-0.05, 0) is 26.0 Å². The van der Waals surface area contributed by atoms with E-state index in [1.807, 2.05) is 0 Å². The van der Waals surface area contributed by atoms with Crippen molar-refractivity contribution in [2.45, 2.75) is 19.4 Å². The summed E-state index contributed by atoms with van der Waals surface area (Å²) in [5, 5.41) is 18.0. The Morgan fingerprint density at radius 1 is 1.32 bits per heavy atom. The molecule has 102 valence electrons.